The Kier molecular flexibility index (Phi) is 4.42. The summed E-state index contributed by atoms with van der Waals surface area (Å²) in [5.41, 5.74) is 0.329. The standard InChI is InChI=1S/C15H22FNO2/c1-3-17-15(10-18)8-7-12(9-15)19-13-6-4-5-11(2)14(13)16/h4-6,12,17-18H,3,7-10H2,1-2H3. The van der Waals surface area contributed by atoms with E-state index in [4.69, 9.17) is 4.74 Å². The van der Waals surface area contributed by atoms with Crippen LogP contribution in [0.3, 0.4) is 0 Å². The number of ether oxygens (including phenoxy) is 1. The summed E-state index contributed by atoms with van der Waals surface area (Å²) in [6.07, 6.45) is 2.36. The van der Waals surface area contributed by atoms with E-state index >= 15 is 0 Å². The molecule has 1 fully saturated rings. The largest absolute Gasteiger partial charge is 0.487 e. The van der Waals surface area contributed by atoms with Crippen molar-refractivity contribution in [2.24, 2.45) is 0 Å². The van der Waals surface area contributed by atoms with Crippen molar-refractivity contribution in [3.05, 3.63) is 29.6 Å². The molecule has 0 spiro atoms. The SMILES string of the molecule is CCNC1(CO)CCC(Oc2cccc(C)c2F)C1. The van der Waals surface area contributed by atoms with Crippen molar-refractivity contribution >= 4 is 0 Å². The van der Waals surface area contributed by atoms with E-state index in [9.17, 15) is 9.50 Å². The van der Waals surface area contributed by atoms with E-state index in [1.54, 1.807) is 25.1 Å². The van der Waals surface area contributed by atoms with E-state index in [0.29, 0.717) is 17.7 Å². The van der Waals surface area contributed by atoms with Gasteiger partial charge in [-0.2, -0.15) is 0 Å². The highest BCUT2D eigenvalue weighted by atomic mass is 19.1. The number of halogens is 1. The molecule has 1 aromatic rings. The Labute approximate surface area is 113 Å². The summed E-state index contributed by atoms with van der Waals surface area (Å²) in [5, 5.41) is 12.9. The van der Waals surface area contributed by atoms with Crippen molar-refractivity contribution in [3.63, 3.8) is 0 Å². The first-order chi connectivity index (χ1) is 9.10. The van der Waals surface area contributed by atoms with Gasteiger partial charge in [-0.25, -0.2) is 4.39 Å². The second-order valence-electron chi connectivity index (χ2n) is 5.34. The molecule has 2 unspecified atom stereocenters. The van der Waals surface area contributed by atoms with E-state index in [-0.39, 0.29) is 24.1 Å². The summed E-state index contributed by atoms with van der Waals surface area (Å²) in [4.78, 5) is 0. The van der Waals surface area contributed by atoms with Gasteiger partial charge >= 0.3 is 0 Å². The van der Waals surface area contributed by atoms with Crippen LogP contribution in [0.4, 0.5) is 4.39 Å². The average molecular weight is 267 g/mol. The third-order valence-corrected chi connectivity index (χ3v) is 3.87. The Balaban J connectivity index is 2.04. The molecule has 1 aliphatic carbocycles. The highest BCUT2D eigenvalue weighted by Gasteiger charge is 2.39. The highest BCUT2D eigenvalue weighted by Crippen LogP contribution is 2.33. The summed E-state index contributed by atoms with van der Waals surface area (Å²) in [6.45, 7) is 4.66. The molecule has 106 valence electrons. The molecule has 0 radical (unpaired) electrons. The second kappa shape index (κ2) is 5.88. The molecule has 1 aliphatic rings. The minimum absolute atomic E-state index is 0.0394. The van der Waals surface area contributed by atoms with Crippen LogP contribution in [0.15, 0.2) is 18.2 Å². The Bertz CT molecular complexity index is 438. The topological polar surface area (TPSA) is 41.5 Å². The fraction of sp³-hybridized carbons (Fsp3) is 0.600. The summed E-state index contributed by atoms with van der Waals surface area (Å²) in [6, 6.07) is 5.19. The van der Waals surface area contributed by atoms with Crippen LogP contribution in [0.25, 0.3) is 0 Å². The number of aryl methyl sites for hydroxylation is 1. The molecular weight excluding hydrogens is 245 g/mol. The average Bonchev–Trinajstić information content (AvgIpc) is 2.79. The molecule has 2 atom stereocenters. The minimum atomic E-state index is -0.285. The molecule has 2 N–H and O–H groups in total. The van der Waals surface area contributed by atoms with E-state index in [2.05, 4.69) is 5.32 Å². The van der Waals surface area contributed by atoms with Crippen LogP contribution >= 0.6 is 0 Å². The van der Waals surface area contributed by atoms with Crippen LogP contribution in [-0.4, -0.2) is 29.9 Å². The van der Waals surface area contributed by atoms with Gasteiger partial charge in [0.15, 0.2) is 11.6 Å². The predicted molar refractivity (Wildman–Crippen MR) is 72.9 cm³/mol. The number of aliphatic hydroxyl groups excluding tert-OH is 1. The third kappa shape index (κ3) is 3.07. The van der Waals surface area contributed by atoms with Gasteiger partial charge in [-0.05, 0) is 37.9 Å². The van der Waals surface area contributed by atoms with Crippen molar-refractivity contribution in [2.45, 2.75) is 44.8 Å². The van der Waals surface area contributed by atoms with Crippen molar-refractivity contribution in [2.75, 3.05) is 13.2 Å². The van der Waals surface area contributed by atoms with Crippen molar-refractivity contribution in [1.29, 1.82) is 0 Å². The molecule has 1 saturated carbocycles. The van der Waals surface area contributed by atoms with Crippen LogP contribution in [0.5, 0.6) is 5.75 Å². The Morgan fingerprint density at radius 1 is 1.53 bits per heavy atom. The van der Waals surface area contributed by atoms with Crippen molar-refractivity contribution in [1.82, 2.24) is 5.32 Å². The summed E-state index contributed by atoms with van der Waals surface area (Å²) in [5.74, 6) is 0.0303. The van der Waals surface area contributed by atoms with Gasteiger partial charge in [0.25, 0.3) is 0 Å². The maximum Gasteiger partial charge on any atom is 0.167 e. The zero-order chi connectivity index (χ0) is 13.9. The highest BCUT2D eigenvalue weighted by molar-refractivity contribution is 5.30. The molecule has 0 heterocycles. The van der Waals surface area contributed by atoms with Gasteiger partial charge < -0.3 is 15.2 Å². The first-order valence-electron chi connectivity index (χ1n) is 6.88. The Morgan fingerprint density at radius 3 is 3.00 bits per heavy atom. The molecule has 0 aromatic heterocycles. The molecule has 0 aliphatic heterocycles. The molecule has 3 nitrogen and oxygen atoms in total. The van der Waals surface area contributed by atoms with Gasteiger partial charge in [-0.3, -0.25) is 0 Å². The number of aliphatic hydroxyl groups is 1. The number of benzene rings is 1. The quantitative estimate of drug-likeness (QED) is 0.861. The van der Waals surface area contributed by atoms with Crippen molar-refractivity contribution in [3.8, 4) is 5.75 Å². The van der Waals surface area contributed by atoms with Crippen LogP contribution in [0.2, 0.25) is 0 Å². The fourth-order valence-electron chi connectivity index (χ4n) is 2.80. The summed E-state index contributed by atoms with van der Waals surface area (Å²) < 4.78 is 19.7. The number of likely N-dealkylation sites (N-methyl/N-ethyl adjacent to an activating group) is 1. The predicted octanol–water partition coefficient (Wildman–Crippen LogP) is 2.41. The van der Waals surface area contributed by atoms with Crippen LogP contribution in [0.1, 0.15) is 31.7 Å². The van der Waals surface area contributed by atoms with Crippen LogP contribution in [-0.2, 0) is 0 Å². The molecule has 2 rings (SSSR count). The minimum Gasteiger partial charge on any atom is -0.487 e. The van der Waals surface area contributed by atoms with E-state index in [1.807, 2.05) is 6.92 Å². The summed E-state index contributed by atoms with van der Waals surface area (Å²) in [7, 11) is 0. The lowest BCUT2D eigenvalue weighted by Crippen LogP contribution is -2.46. The lowest BCUT2D eigenvalue weighted by molar-refractivity contribution is 0.139. The first kappa shape index (κ1) is 14.3. The van der Waals surface area contributed by atoms with Crippen LogP contribution in [0, 0.1) is 12.7 Å². The number of hydrogen-bond donors (Lipinski definition) is 2. The third-order valence-electron chi connectivity index (χ3n) is 3.87. The Morgan fingerprint density at radius 2 is 2.32 bits per heavy atom. The summed E-state index contributed by atoms with van der Waals surface area (Å²) >= 11 is 0. The van der Waals surface area contributed by atoms with Gasteiger partial charge in [-0.1, -0.05) is 19.1 Å². The van der Waals surface area contributed by atoms with Gasteiger partial charge in [0.2, 0.25) is 0 Å². The monoisotopic (exact) mass is 267 g/mol. The zero-order valence-electron chi connectivity index (χ0n) is 11.6. The van der Waals surface area contributed by atoms with Gasteiger partial charge in [0.1, 0.15) is 6.10 Å². The molecule has 19 heavy (non-hydrogen) atoms. The molecule has 0 bridgehead atoms. The van der Waals surface area contributed by atoms with E-state index in [0.717, 1.165) is 19.4 Å². The lowest BCUT2D eigenvalue weighted by Gasteiger charge is -2.28. The molecule has 1 aromatic carbocycles. The number of nitrogens with one attached hydrogen (secondary N) is 1. The molecular formula is C15H22FNO2. The molecule has 0 saturated heterocycles. The Hall–Kier alpha value is -1.13. The smallest absolute Gasteiger partial charge is 0.167 e. The van der Waals surface area contributed by atoms with Crippen molar-refractivity contribution < 1.29 is 14.2 Å². The maximum absolute atomic E-state index is 13.9. The van der Waals surface area contributed by atoms with Gasteiger partial charge in [0.05, 0.1) is 6.61 Å². The number of rotatable bonds is 5. The lowest BCUT2D eigenvalue weighted by atomic mass is 9.99. The molecule has 0 amide bonds. The zero-order valence-corrected chi connectivity index (χ0v) is 11.6. The van der Waals surface area contributed by atoms with Gasteiger partial charge in [-0.15, -0.1) is 0 Å². The van der Waals surface area contributed by atoms with E-state index < -0.39 is 0 Å². The van der Waals surface area contributed by atoms with Gasteiger partial charge in [0, 0.05) is 12.0 Å². The molecule has 4 heteroatoms. The van der Waals surface area contributed by atoms with E-state index in [1.165, 1.54) is 0 Å². The van der Waals surface area contributed by atoms with Crippen LogP contribution < -0.4 is 10.1 Å². The first-order valence-corrected chi connectivity index (χ1v) is 6.88. The maximum atomic E-state index is 13.9. The fourth-order valence-corrected chi connectivity index (χ4v) is 2.80. The number of hydrogen-bond acceptors (Lipinski definition) is 3. The normalized spacial score (nSPS) is 26.6. The second-order valence-corrected chi connectivity index (χ2v) is 5.34.